The predicted molar refractivity (Wildman–Crippen MR) is 164 cm³/mol. The number of carbonyl (C=O) groups excluding carboxylic acids is 1. The standard InChI is InChI=1S/C34H70NO2.ClH/c1-6-9-12-14-16-18-19-20-22-24-26-28-31-37-34(32-35(4,5)30-11-8-3)33(36)29-27-25-23-21-17-15-13-10-7-2;/h34H,6-32H2,1-5H3;1H/q+1;/p-1. The highest BCUT2D eigenvalue weighted by atomic mass is 35.5. The average Bonchev–Trinajstić information content (AvgIpc) is 2.88. The largest absolute Gasteiger partial charge is 1.00 e. The molecular weight excluding hydrogens is 490 g/mol. The summed E-state index contributed by atoms with van der Waals surface area (Å²) in [5.74, 6) is 0.351. The van der Waals surface area contributed by atoms with Crippen molar-refractivity contribution in [2.45, 2.75) is 181 Å². The third-order valence-electron chi connectivity index (χ3n) is 7.98. The van der Waals surface area contributed by atoms with Gasteiger partial charge in [0, 0.05) is 13.0 Å². The van der Waals surface area contributed by atoms with Crippen LogP contribution in [0.1, 0.15) is 175 Å². The van der Waals surface area contributed by atoms with Crippen LogP contribution in [0.4, 0.5) is 0 Å². The van der Waals surface area contributed by atoms with Crippen LogP contribution < -0.4 is 12.4 Å². The van der Waals surface area contributed by atoms with Gasteiger partial charge >= 0.3 is 0 Å². The van der Waals surface area contributed by atoms with Gasteiger partial charge in [-0.3, -0.25) is 4.79 Å². The van der Waals surface area contributed by atoms with Gasteiger partial charge in [-0.2, -0.15) is 0 Å². The number of rotatable bonds is 30. The van der Waals surface area contributed by atoms with Gasteiger partial charge in [-0.05, 0) is 19.3 Å². The summed E-state index contributed by atoms with van der Waals surface area (Å²) in [7, 11) is 4.53. The van der Waals surface area contributed by atoms with E-state index in [0.717, 1.165) is 37.0 Å². The molecule has 230 valence electrons. The molecule has 0 radical (unpaired) electrons. The lowest BCUT2D eigenvalue weighted by atomic mass is 10.0. The Morgan fingerprint density at radius 3 is 1.34 bits per heavy atom. The van der Waals surface area contributed by atoms with Crippen LogP contribution >= 0.6 is 0 Å². The highest BCUT2D eigenvalue weighted by Crippen LogP contribution is 2.15. The van der Waals surface area contributed by atoms with E-state index < -0.39 is 0 Å². The highest BCUT2D eigenvalue weighted by molar-refractivity contribution is 5.83. The molecule has 0 aromatic carbocycles. The zero-order chi connectivity index (χ0) is 27.5. The maximum Gasteiger partial charge on any atom is 0.167 e. The van der Waals surface area contributed by atoms with Crippen LogP contribution in [-0.4, -0.2) is 50.2 Å². The number of nitrogens with zero attached hydrogens (tertiary/aromatic N) is 1. The van der Waals surface area contributed by atoms with Crippen LogP contribution in [0.3, 0.4) is 0 Å². The van der Waals surface area contributed by atoms with Crippen LogP contribution in [0.25, 0.3) is 0 Å². The van der Waals surface area contributed by atoms with Gasteiger partial charge in [0.05, 0.1) is 20.6 Å². The van der Waals surface area contributed by atoms with Crippen molar-refractivity contribution in [2.75, 3.05) is 33.8 Å². The van der Waals surface area contributed by atoms with Gasteiger partial charge in [0.2, 0.25) is 0 Å². The smallest absolute Gasteiger partial charge is 0.167 e. The molecule has 0 aromatic rings. The highest BCUT2D eigenvalue weighted by Gasteiger charge is 2.27. The van der Waals surface area contributed by atoms with E-state index in [0.29, 0.717) is 12.2 Å². The van der Waals surface area contributed by atoms with Gasteiger partial charge in [0.15, 0.2) is 11.9 Å². The van der Waals surface area contributed by atoms with Crippen LogP contribution in [0.5, 0.6) is 0 Å². The fourth-order valence-corrected chi connectivity index (χ4v) is 5.31. The molecule has 38 heavy (non-hydrogen) atoms. The molecule has 0 N–H and O–H groups in total. The van der Waals surface area contributed by atoms with Gasteiger partial charge in [-0.1, -0.05) is 149 Å². The molecule has 1 unspecified atom stereocenters. The fourth-order valence-electron chi connectivity index (χ4n) is 5.31. The second-order valence-electron chi connectivity index (χ2n) is 12.5. The molecule has 0 bridgehead atoms. The number of carbonyl (C=O) groups is 1. The zero-order valence-electron chi connectivity index (χ0n) is 26.8. The van der Waals surface area contributed by atoms with Crippen molar-refractivity contribution in [3.63, 3.8) is 0 Å². The van der Waals surface area contributed by atoms with Crippen molar-refractivity contribution in [1.29, 1.82) is 0 Å². The second-order valence-corrected chi connectivity index (χ2v) is 12.5. The summed E-state index contributed by atoms with van der Waals surface area (Å²) < 4.78 is 7.17. The van der Waals surface area contributed by atoms with E-state index in [9.17, 15) is 4.79 Å². The fraction of sp³-hybridized carbons (Fsp3) is 0.971. The topological polar surface area (TPSA) is 26.3 Å². The second kappa shape index (κ2) is 29.9. The molecule has 4 heteroatoms. The number of Topliss-reactive ketones (excluding diaryl/α,β-unsaturated/α-hetero) is 1. The molecule has 0 aliphatic rings. The minimum Gasteiger partial charge on any atom is -1.00 e. The molecule has 0 aliphatic heterocycles. The first kappa shape index (κ1) is 40.0. The number of hydrogen-bond acceptors (Lipinski definition) is 2. The molecule has 0 aliphatic carbocycles. The lowest BCUT2D eigenvalue weighted by Gasteiger charge is -2.33. The SMILES string of the molecule is CCCCCCCCCCCCCCOC(C[N+](C)(C)CCCC)C(=O)CCCCCCCCCCC.[Cl-]. The Balaban J connectivity index is 0. The van der Waals surface area contributed by atoms with Crippen LogP contribution in [0.2, 0.25) is 0 Å². The maximum absolute atomic E-state index is 13.1. The van der Waals surface area contributed by atoms with Crippen molar-refractivity contribution in [2.24, 2.45) is 0 Å². The molecule has 0 saturated heterocycles. The summed E-state index contributed by atoms with van der Waals surface area (Å²) in [4.78, 5) is 13.1. The van der Waals surface area contributed by atoms with Gasteiger partial charge in [-0.25, -0.2) is 0 Å². The molecule has 3 nitrogen and oxygen atoms in total. The predicted octanol–water partition coefficient (Wildman–Crippen LogP) is 7.44. The first-order chi connectivity index (χ1) is 18.0. The number of hydrogen-bond donors (Lipinski definition) is 0. The van der Waals surface area contributed by atoms with E-state index in [-0.39, 0.29) is 18.5 Å². The van der Waals surface area contributed by atoms with Crippen molar-refractivity contribution < 1.29 is 26.4 Å². The van der Waals surface area contributed by atoms with E-state index in [2.05, 4.69) is 34.9 Å². The Bertz CT molecular complexity index is 483. The van der Waals surface area contributed by atoms with Gasteiger partial charge in [-0.15, -0.1) is 0 Å². The summed E-state index contributed by atoms with van der Waals surface area (Å²) >= 11 is 0. The first-order valence-electron chi connectivity index (χ1n) is 16.9. The number of halogens is 1. The average molecular weight is 560 g/mol. The lowest BCUT2D eigenvalue weighted by molar-refractivity contribution is -0.892. The molecule has 0 fully saturated rings. The van der Waals surface area contributed by atoms with Crippen molar-refractivity contribution >= 4 is 5.78 Å². The Labute approximate surface area is 246 Å². The zero-order valence-corrected chi connectivity index (χ0v) is 27.6. The number of likely N-dealkylation sites (N-methyl/N-ethyl adjacent to an activating group) is 1. The van der Waals surface area contributed by atoms with Crippen molar-refractivity contribution in [1.82, 2.24) is 0 Å². The lowest BCUT2D eigenvalue weighted by Crippen LogP contribution is -3.00. The van der Waals surface area contributed by atoms with Gasteiger partial charge in [0.1, 0.15) is 6.54 Å². The first-order valence-corrected chi connectivity index (χ1v) is 16.9. The summed E-state index contributed by atoms with van der Waals surface area (Å²) in [5.41, 5.74) is 0. The van der Waals surface area contributed by atoms with E-state index in [4.69, 9.17) is 4.74 Å². The minimum absolute atomic E-state index is 0. The molecule has 0 amide bonds. The summed E-state index contributed by atoms with van der Waals surface area (Å²) in [6.45, 7) is 9.51. The van der Waals surface area contributed by atoms with E-state index in [1.807, 2.05) is 0 Å². The number of unbranched alkanes of at least 4 members (excludes halogenated alkanes) is 20. The molecule has 1 atom stereocenters. The van der Waals surface area contributed by atoms with Gasteiger partial charge < -0.3 is 21.6 Å². The Morgan fingerprint density at radius 1 is 0.553 bits per heavy atom. The molecule has 0 saturated carbocycles. The normalized spacial score (nSPS) is 12.4. The van der Waals surface area contributed by atoms with Crippen LogP contribution in [-0.2, 0) is 9.53 Å². The summed E-state index contributed by atoms with van der Waals surface area (Å²) in [5, 5.41) is 0. The Hall–Kier alpha value is -0.120. The van der Waals surface area contributed by atoms with Crippen LogP contribution in [0.15, 0.2) is 0 Å². The number of ether oxygens (including phenoxy) is 1. The van der Waals surface area contributed by atoms with Crippen molar-refractivity contribution in [3.8, 4) is 0 Å². The van der Waals surface area contributed by atoms with E-state index >= 15 is 0 Å². The Morgan fingerprint density at radius 2 is 0.921 bits per heavy atom. The third kappa shape index (κ3) is 27.4. The maximum atomic E-state index is 13.1. The summed E-state index contributed by atoms with van der Waals surface area (Å²) in [6, 6.07) is 0. The van der Waals surface area contributed by atoms with Gasteiger partial charge in [0.25, 0.3) is 0 Å². The van der Waals surface area contributed by atoms with E-state index in [1.54, 1.807) is 0 Å². The molecular formula is C34H70ClNO2. The van der Waals surface area contributed by atoms with E-state index in [1.165, 1.54) is 135 Å². The minimum atomic E-state index is -0.214. The molecule has 0 rings (SSSR count). The molecule has 0 spiro atoms. The quantitative estimate of drug-likeness (QED) is 0.0675. The number of quaternary nitrogens is 1. The summed E-state index contributed by atoms with van der Waals surface area (Å²) in [6.07, 6.45) is 30.8. The third-order valence-corrected chi connectivity index (χ3v) is 7.98. The Kier molecular flexibility index (Phi) is 31.4. The molecule has 0 heterocycles. The monoisotopic (exact) mass is 560 g/mol. The number of ketones is 1. The molecule has 0 aromatic heterocycles. The van der Waals surface area contributed by atoms with Crippen molar-refractivity contribution in [3.05, 3.63) is 0 Å². The van der Waals surface area contributed by atoms with Crippen LogP contribution in [0, 0.1) is 0 Å².